The molecule has 1 fully saturated rings. The molecule has 0 radical (unpaired) electrons. The molecule has 0 aromatic carbocycles. The molecule has 6 nitrogen and oxygen atoms in total. The highest BCUT2D eigenvalue weighted by molar-refractivity contribution is 6.00. The summed E-state index contributed by atoms with van der Waals surface area (Å²) in [5.74, 6) is -0.266. The largest absolute Gasteiger partial charge is 0.466 e. The maximum Gasteiger partial charge on any atom is 0.309 e. The van der Waals surface area contributed by atoms with Gasteiger partial charge in [0.2, 0.25) is 0 Å². The van der Waals surface area contributed by atoms with Gasteiger partial charge in [-0.1, -0.05) is 0 Å². The number of pyridine rings is 1. The fourth-order valence-corrected chi connectivity index (χ4v) is 3.05. The number of piperidine rings is 1. The highest BCUT2D eigenvalue weighted by Crippen LogP contribution is 2.21. The summed E-state index contributed by atoms with van der Waals surface area (Å²) in [5.41, 5.74) is 2.17. The van der Waals surface area contributed by atoms with Crippen molar-refractivity contribution in [3.05, 3.63) is 35.8 Å². The lowest BCUT2D eigenvalue weighted by atomic mass is 9.96. The van der Waals surface area contributed by atoms with E-state index in [1.807, 2.05) is 42.8 Å². The molecule has 0 saturated carbocycles. The topological polar surface area (TPSA) is 63.9 Å². The number of hydrogen-bond donors (Lipinski definition) is 0. The SMILES string of the molecule is CCOC(=O)C1CCN(C(=O)c2cccn3cc(C)nc23)CC1. The van der Waals surface area contributed by atoms with Crippen molar-refractivity contribution in [3.63, 3.8) is 0 Å². The minimum atomic E-state index is -0.148. The van der Waals surface area contributed by atoms with Gasteiger partial charge in [0.1, 0.15) is 5.65 Å². The van der Waals surface area contributed by atoms with Crippen LogP contribution in [-0.4, -0.2) is 45.9 Å². The summed E-state index contributed by atoms with van der Waals surface area (Å²) in [7, 11) is 0. The second kappa shape index (κ2) is 6.40. The van der Waals surface area contributed by atoms with Gasteiger partial charge in [-0.3, -0.25) is 9.59 Å². The standard InChI is InChI=1S/C17H21N3O3/c1-3-23-17(22)13-6-9-19(10-7-13)16(21)14-5-4-8-20-11-12(2)18-15(14)20/h4-5,8,11,13H,3,6-7,9-10H2,1-2H3. The molecule has 0 bridgehead atoms. The molecule has 3 rings (SSSR count). The van der Waals surface area contributed by atoms with Crippen LogP contribution in [0.25, 0.3) is 5.65 Å². The molecule has 0 aliphatic carbocycles. The number of hydrogen-bond acceptors (Lipinski definition) is 4. The number of rotatable bonds is 3. The lowest BCUT2D eigenvalue weighted by Gasteiger charge is -2.31. The van der Waals surface area contributed by atoms with Crippen LogP contribution < -0.4 is 0 Å². The number of esters is 1. The van der Waals surface area contributed by atoms with E-state index in [0.717, 1.165) is 5.69 Å². The third kappa shape index (κ3) is 3.06. The number of carbonyl (C=O) groups is 2. The van der Waals surface area contributed by atoms with Gasteiger partial charge < -0.3 is 14.0 Å². The summed E-state index contributed by atoms with van der Waals surface area (Å²) in [6, 6.07) is 3.66. The van der Waals surface area contributed by atoms with E-state index < -0.39 is 0 Å². The van der Waals surface area contributed by atoms with Crippen LogP contribution in [0.4, 0.5) is 0 Å². The van der Waals surface area contributed by atoms with E-state index in [9.17, 15) is 9.59 Å². The van der Waals surface area contributed by atoms with Gasteiger partial charge in [0, 0.05) is 25.5 Å². The molecule has 1 aliphatic rings. The molecule has 1 aliphatic heterocycles. The number of carbonyl (C=O) groups excluding carboxylic acids is 2. The molecule has 0 spiro atoms. The van der Waals surface area contributed by atoms with Gasteiger partial charge in [-0.25, -0.2) is 4.98 Å². The molecule has 0 N–H and O–H groups in total. The quantitative estimate of drug-likeness (QED) is 0.813. The van der Waals surface area contributed by atoms with Gasteiger partial charge in [-0.05, 0) is 38.8 Å². The van der Waals surface area contributed by atoms with E-state index in [2.05, 4.69) is 4.98 Å². The number of nitrogens with zero attached hydrogens (tertiary/aromatic N) is 3. The van der Waals surface area contributed by atoms with Crippen molar-refractivity contribution in [2.75, 3.05) is 19.7 Å². The summed E-state index contributed by atoms with van der Waals surface area (Å²) in [4.78, 5) is 30.8. The number of likely N-dealkylation sites (tertiary alicyclic amines) is 1. The van der Waals surface area contributed by atoms with E-state index >= 15 is 0 Å². The first kappa shape index (κ1) is 15.5. The Balaban J connectivity index is 1.73. The van der Waals surface area contributed by atoms with Crippen molar-refractivity contribution in [2.45, 2.75) is 26.7 Å². The molecular weight excluding hydrogens is 294 g/mol. The molecule has 2 aromatic heterocycles. The minimum Gasteiger partial charge on any atom is -0.466 e. The smallest absolute Gasteiger partial charge is 0.309 e. The molecule has 6 heteroatoms. The zero-order valence-electron chi connectivity index (χ0n) is 13.5. The molecule has 1 saturated heterocycles. The lowest BCUT2D eigenvalue weighted by Crippen LogP contribution is -2.40. The van der Waals surface area contributed by atoms with Gasteiger partial charge in [-0.2, -0.15) is 0 Å². The summed E-state index contributed by atoms with van der Waals surface area (Å²) >= 11 is 0. The van der Waals surface area contributed by atoms with Crippen molar-refractivity contribution in [1.29, 1.82) is 0 Å². The summed E-state index contributed by atoms with van der Waals surface area (Å²) in [5, 5.41) is 0. The first-order valence-electron chi connectivity index (χ1n) is 8.00. The summed E-state index contributed by atoms with van der Waals surface area (Å²) in [6.45, 7) is 5.27. The average Bonchev–Trinajstić information content (AvgIpc) is 2.94. The van der Waals surface area contributed by atoms with Crippen LogP contribution in [0, 0.1) is 12.8 Å². The Hall–Kier alpha value is -2.37. The Morgan fingerprint density at radius 2 is 2.09 bits per heavy atom. The Kier molecular flexibility index (Phi) is 4.32. The number of fused-ring (bicyclic) bond motifs is 1. The molecular formula is C17H21N3O3. The number of imidazole rings is 1. The summed E-state index contributed by atoms with van der Waals surface area (Å²) < 4.78 is 6.94. The monoisotopic (exact) mass is 315 g/mol. The summed E-state index contributed by atoms with van der Waals surface area (Å²) in [6.07, 6.45) is 5.10. The number of aryl methyl sites for hydroxylation is 1. The zero-order valence-corrected chi connectivity index (χ0v) is 13.5. The van der Waals surface area contributed by atoms with E-state index in [0.29, 0.717) is 43.7 Å². The van der Waals surface area contributed by atoms with Gasteiger partial charge in [0.05, 0.1) is 23.8 Å². The lowest BCUT2D eigenvalue weighted by molar-refractivity contribution is -0.149. The van der Waals surface area contributed by atoms with E-state index in [1.165, 1.54) is 0 Å². The minimum absolute atomic E-state index is 0.0245. The van der Waals surface area contributed by atoms with Gasteiger partial charge in [0.25, 0.3) is 5.91 Å². The molecule has 0 unspecified atom stereocenters. The van der Waals surface area contributed by atoms with Crippen molar-refractivity contribution < 1.29 is 14.3 Å². The fraction of sp³-hybridized carbons (Fsp3) is 0.471. The Morgan fingerprint density at radius 1 is 1.35 bits per heavy atom. The average molecular weight is 315 g/mol. The normalized spacial score (nSPS) is 15.8. The highest BCUT2D eigenvalue weighted by Gasteiger charge is 2.29. The van der Waals surface area contributed by atoms with Crippen LogP contribution in [0.15, 0.2) is 24.5 Å². The van der Waals surface area contributed by atoms with Crippen LogP contribution in [-0.2, 0) is 9.53 Å². The maximum atomic E-state index is 12.8. The predicted octanol–water partition coefficient (Wildman–Crippen LogP) is 2.06. The molecule has 1 amide bonds. The molecule has 23 heavy (non-hydrogen) atoms. The maximum absolute atomic E-state index is 12.8. The van der Waals surface area contributed by atoms with Crippen molar-refractivity contribution in [3.8, 4) is 0 Å². The Morgan fingerprint density at radius 3 is 2.78 bits per heavy atom. The highest BCUT2D eigenvalue weighted by atomic mass is 16.5. The Labute approximate surface area is 135 Å². The van der Waals surface area contributed by atoms with Crippen LogP contribution in [0.2, 0.25) is 0 Å². The van der Waals surface area contributed by atoms with E-state index in [4.69, 9.17) is 4.74 Å². The van der Waals surface area contributed by atoms with Gasteiger partial charge in [-0.15, -0.1) is 0 Å². The molecule has 2 aromatic rings. The Bertz CT molecular complexity index is 730. The van der Waals surface area contributed by atoms with Gasteiger partial charge >= 0.3 is 5.97 Å². The van der Waals surface area contributed by atoms with Gasteiger partial charge in [0.15, 0.2) is 0 Å². The van der Waals surface area contributed by atoms with Crippen molar-refractivity contribution in [1.82, 2.24) is 14.3 Å². The van der Waals surface area contributed by atoms with Crippen LogP contribution in [0.1, 0.15) is 35.8 Å². The van der Waals surface area contributed by atoms with E-state index in [-0.39, 0.29) is 17.8 Å². The second-order valence-corrected chi connectivity index (χ2v) is 5.85. The third-order valence-corrected chi connectivity index (χ3v) is 4.24. The molecule has 122 valence electrons. The third-order valence-electron chi connectivity index (χ3n) is 4.24. The van der Waals surface area contributed by atoms with Crippen molar-refractivity contribution in [2.24, 2.45) is 5.92 Å². The number of aromatic nitrogens is 2. The van der Waals surface area contributed by atoms with Crippen LogP contribution in [0.5, 0.6) is 0 Å². The molecule has 0 atom stereocenters. The molecule has 3 heterocycles. The first-order chi connectivity index (χ1) is 11.1. The predicted molar refractivity (Wildman–Crippen MR) is 85.2 cm³/mol. The van der Waals surface area contributed by atoms with Crippen molar-refractivity contribution >= 4 is 17.5 Å². The van der Waals surface area contributed by atoms with Crippen LogP contribution in [0.3, 0.4) is 0 Å². The van der Waals surface area contributed by atoms with Crippen LogP contribution >= 0.6 is 0 Å². The zero-order chi connectivity index (χ0) is 16.4. The fourth-order valence-electron chi connectivity index (χ4n) is 3.05. The second-order valence-electron chi connectivity index (χ2n) is 5.85. The first-order valence-corrected chi connectivity index (χ1v) is 8.00. The number of amides is 1. The number of ether oxygens (including phenoxy) is 1. The van der Waals surface area contributed by atoms with E-state index in [1.54, 1.807) is 4.90 Å².